The lowest BCUT2D eigenvalue weighted by Gasteiger charge is -2.36. The van der Waals surface area contributed by atoms with Crippen LogP contribution in [-0.2, 0) is 9.53 Å². The van der Waals surface area contributed by atoms with Crippen molar-refractivity contribution in [2.75, 3.05) is 39.3 Å². The third kappa shape index (κ3) is 4.35. The first-order valence-electron chi connectivity index (χ1n) is 9.10. The lowest BCUT2D eigenvalue weighted by Crippen LogP contribution is -2.51. The summed E-state index contributed by atoms with van der Waals surface area (Å²) in [5.74, 6) is 0.0803. The van der Waals surface area contributed by atoms with E-state index in [1.54, 1.807) is 0 Å². The molecule has 5 heteroatoms. The van der Waals surface area contributed by atoms with Crippen LogP contribution in [0.3, 0.4) is 0 Å². The van der Waals surface area contributed by atoms with Crippen molar-refractivity contribution in [3.05, 3.63) is 35.9 Å². The van der Waals surface area contributed by atoms with Crippen LogP contribution in [0.15, 0.2) is 30.3 Å². The molecule has 1 amide bonds. The third-order valence-electron chi connectivity index (χ3n) is 5.06. The molecule has 1 aliphatic carbocycles. The molecule has 24 heavy (non-hydrogen) atoms. The van der Waals surface area contributed by atoms with Gasteiger partial charge in [0.25, 0.3) is 5.91 Å². The monoisotopic (exact) mass is 332 g/mol. The van der Waals surface area contributed by atoms with E-state index in [1.807, 2.05) is 35.2 Å². The van der Waals surface area contributed by atoms with Crippen LogP contribution in [0.5, 0.6) is 0 Å². The SMILES string of the molecule is O=C([C@H](OC1CCCC1)c1ccccc1)N1CCN(CCO)CC1. The van der Waals surface area contributed by atoms with Gasteiger partial charge < -0.3 is 14.7 Å². The molecule has 1 N–H and O–H groups in total. The van der Waals surface area contributed by atoms with Gasteiger partial charge in [-0.3, -0.25) is 9.69 Å². The number of rotatable bonds is 6. The molecule has 1 aromatic carbocycles. The van der Waals surface area contributed by atoms with E-state index in [9.17, 15) is 4.79 Å². The van der Waals surface area contributed by atoms with E-state index in [1.165, 1.54) is 12.8 Å². The third-order valence-corrected chi connectivity index (χ3v) is 5.06. The number of carbonyl (C=O) groups excluding carboxylic acids is 1. The predicted octanol–water partition coefficient (Wildman–Crippen LogP) is 1.82. The van der Waals surface area contributed by atoms with Crippen molar-refractivity contribution < 1.29 is 14.6 Å². The topological polar surface area (TPSA) is 53.0 Å². The molecule has 2 aliphatic rings. The second kappa shape index (κ2) is 8.60. The largest absolute Gasteiger partial charge is 0.395 e. The minimum absolute atomic E-state index is 0.0803. The normalized spacial score (nSPS) is 21.1. The highest BCUT2D eigenvalue weighted by atomic mass is 16.5. The summed E-state index contributed by atoms with van der Waals surface area (Å²) in [5, 5.41) is 9.05. The summed E-state index contributed by atoms with van der Waals surface area (Å²) in [6, 6.07) is 9.87. The van der Waals surface area contributed by atoms with Crippen molar-refractivity contribution in [2.24, 2.45) is 0 Å². The highest BCUT2D eigenvalue weighted by Crippen LogP contribution is 2.29. The quantitative estimate of drug-likeness (QED) is 0.863. The second-order valence-electron chi connectivity index (χ2n) is 6.72. The van der Waals surface area contributed by atoms with Gasteiger partial charge in [-0.25, -0.2) is 0 Å². The summed E-state index contributed by atoms with van der Waals surface area (Å²) in [4.78, 5) is 17.2. The number of aliphatic hydroxyl groups is 1. The molecule has 2 fully saturated rings. The maximum Gasteiger partial charge on any atom is 0.256 e. The van der Waals surface area contributed by atoms with Gasteiger partial charge in [-0.05, 0) is 18.4 Å². The number of aliphatic hydroxyl groups excluding tert-OH is 1. The summed E-state index contributed by atoms with van der Waals surface area (Å²) in [6.45, 7) is 3.90. The molecule has 3 rings (SSSR count). The minimum Gasteiger partial charge on any atom is -0.395 e. The molecule has 1 heterocycles. The number of piperazine rings is 1. The van der Waals surface area contributed by atoms with E-state index in [4.69, 9.17) is 9.84 Å². The summed E-state index contributed by atoms with van der Waals surface area (Å²) in [5.41, 5.74) is 0.951. The van der Waals surface area contributed by atoms with Crippen molar-refractivity contribution in [3.8, 4) is 0 Å². The first-order valence-corrected chi connectivity index (χ1v) is 9.10. The molecule has 0 unspecified atom stereocenters. The second-order valence-corrected chi connectivity index (χ2v) is 6.72. The predicted molar refractivity (Wildman–Crippen MR) is 92.6 cm³/mol. The number of ether oxygens (including phenoxy) is 1. The Balaban J connectivity index is 1.67. The fourth-order valence-corrected chi connectivity index (χ4v) is 3.62. The molecule has 0 radical (unpaired) electrons. The Kier molecular flexibility index (Phi) is 6.24. The van der Waals surface area contributed by atoms with Crippen molar-refractivity contribution in [1.29, 1.82) is 0 Å². The number of carbonyl (C=O) groups is 1. The molecule has 1 atom stereocenters. The number of β-amino-alcohol motifs (C(OH)–C–C–N with tert-alkyl or cyclic N) is 1. The van der Waals surface area contributed by atoms with Crippen LogP contribution in [-0.4, -0.2) is 66.2 Å². The van der Waals surface area contributed by atoms with Crippen LogP contribution in [0.1, 0.15) is 37.4 Å². The van der Waals surface area contributed by atoms with E-state index >= 15 is 0 Å². The van der Waals surface area contributed by atoms with E-state index in [0.29, 0.717) is 19.6 Å². The Morgan fingerprint density at radius 1 is 1.12 bits per heavy atom. The Morgan fingerprint density at radius 3 is 2.42 bits per heavy atom. The van der Waals surface area contributed by atoms with Crippen molar-refractivity contribution in [1.82, 2.24) is 9.80 Å². The standard InChI is InChI=1S/C19H28N2O3/c22-15-14-20-10-12-21(13-11-20)19(23)18(16-6-2-1-3-7-16)24-17-8-4-5-9-17/h1-3,6-7,17-18,22H,4-5,8-15H2/t18-/m1/s1. The zero-order valence-electron chi connectivity index (χ0n) is 14.3. The fraction of sp³-hybridized carbons (Fsp3) is 0.632. The molecule has 1 saturated heterocycles. The summed E-state index contributed by atoms with van der Waals surface area (Å²) >= 11 is 0. The maximum atomic E-state index is 13.1. The number of amides is 1. The van der Waals surface area contributed by atoms with Gasteiger partial charge in [0.15, 0.2) is 6.10 Å². The fourth-order valence-electron chi connectivity index (χ4n) is 3.62. The number of benzene rings is 1. The molecule has 0 bridgehead atoms. The van der Waals surface area contributed by atoms with Gasteiger partial charge in [-0.15, -0.1) is 0 Å². The van der Waals surface area contributed by atoms with Crippen LogP contribution >= 0.6 is 0 Å². The van der Waals surface area contributed by atoms with Crippen molar-refractivity contribution in [3.63, 3.8) is 0 Å². The molecular formula is C19H28N2O3. The van der Waals surface area contributed by atoms with Crippen LogP contribution in [0, 0.1) is 0 Å². The van der Waals surface area contributed by atoms with Gasteiger partial charge in [-0.1, -0.05) is 43.2 Å². The molecule has 5 nitrogen and oxygen atoms in total. The molecule has 1 saturated carbocycles. The van der Waals surface area contributed by atoms with Gasteiger partial charge in [0.05, 0.1) is 12.7 Å². The van der Waals surface area contributed by atoms with E-state index < -0.39 is 6.10 Å². The molecule has 0 aromatic heterocycles. The zero-order valence-corrected chi connectivity index (χ0v) is 14.3. The van der Waals surface area contributed by atoms with Gasteiger partial charge in [0, 0.05) is 32.7 Å². The number of hydrogen-bond acceptors (Lipinski definition) is 4. The smallest absolute Gasteiger partial charge is 0.256 e. The maximum absolute atomic E-state index is 13.1. The Hall–Kier alpha value is -1.43. The van der Waals surface area contributed by atoms with Crippen LogP contribution in [0.25, 0.3) is 0 Å². The zero-order chi connectivity index (χ0) is 16.8. The van der Waals surface area contributed by atoms with Crippen LogP contribution in [0.4, 0.5) is 0 Å². The highest BCUT2D eigenvalue weighted by Gasteiger charge is 2.32. The molecule has 1 aromatic rings. The number of nitrogens with zero attached hydrogens (tertiary/aromatic N) is 2. The average molecular weight is 332 g/mol. The molecule has 0 spiro atoms. The van der Waals surface area contributed by atoms with E-state index in [2.05, 4.69) is 4.90 Å². The van der Waals surface area contributed by atoms with E-state index in [-0.39, 0.29) is 18.6 Å². The average Bonchev–Trinajstić information content (AvgIpc) is 3.14. The Bertz CT molecular complexity index is 509. The summed E-state index contributed by atoms with van der Waals surface area (Å²) in [6.07, 6.45) is 4.22. The van der Waals surface area contributed by atoms with E-state index in [0.717, 1.165) is 31.5 Å². The Morgan fingerprint density at radius 2 is 1.79 bits per heavy atom. The van der Waals surface area contributed by atoms with Crippen molar-refractivity contribution >= 4 is 5.91 Å². The molecule has 1 aliphatic heterocycles. The summed E-state index contributed by atoms with van der Waals surface area (Å²) in [7, 11) is 0. The lowest BCUT2D eigenvalue weighted by molar-refractivity contribution is -0.150. The number of hydrogen-bond donors (Lipinski definition) is 1. The van der Waals surface area contributed by atoms with Gasteiger partial charge in [0.1, 0.15) is 0 Å². The molecule has 132 valence electrons. The molecular weight excluding hydrogens is 304 g/mol. The van der Waals surface area contributed by atoms with Gasteiger partial charge >= 0.3 is 0 Å². The lowest BCUT2D eigenvalue weighted by atomic mass is 10.1. The van der Waals surface area contributed by atoms with Gasteiger partial charge in [0.2, 0.25) is 0 Å². The van der Waals surface area contributed by atoms with Gasteiger partial charge in [-0.2, -0.15) is 0 Å². The van der Waals surface area contributed by atoms with Crippen molar-refractivity contribution in [2.45, 2.75) is 37.9 Å². The minimum atomic E-state index is -0.487. The van der Waals surface area contributed by atoms with Crippen LogP contribution < -0.4 is 0 Å². The first-order chi connectivity index (χ1) is 11.8. The first kappa shape index (κ1) is 17.4. The Labute approximate surface area is 144 Å². The highest BCUT2D eigenvalue weighted by molar-refractivity contribution is 5.82. The summed E-state index contributed by atoms with van der Waals surface area (Å²) < 4.78 is 6.24. The van der Waals surface area contributed by atoms with Crippen LogP contribution in [0.2, 0.25) is 0 Å².